The molecule has 3 aromatic heterocycles. The van der Waals surface area contributed by atoms with Gasteiger partial charge < -0.3 is 80.6 Å². The van der Waals surface area contributed by atoms with E-state index >= 15 is 0 Å². The van der Waals surface area contributed by atoms with Crippen LogP contribution in [0.5, 0.6) is 46.8 Å². The zero-order valence-corrected chi connectivity index (χ0v) is 62.2. The van der Waals surface area contributed by atoms with E-state index in [1.54, 1.807) is 78.9 Å². The Hall–Kier alpha value is -11.4. The van der Waals surface area contributed by atoms with Crippen molar-refractivity contribution in [3.05, 3.63) is 243 Å². The quantitative estimate of drug-likeness (QED) is 0.00828. The number of halogens is 19. The van der Waals surface area contributed by atoms with E-state index in [1.807, 2.05) is 12.1 Å². The topological polar surface area (TPSA) is 315 Å². The molecule has 115 heavy (non-hydrogen) atoms. The molecule has 0 saturated carbocycles. The van der Waals surface area contributed by atoms with Crippen molar-refractivity contribution in [3.8, 4) is 58.0 Å². The van der Waals surface area contributed by atoms with E-state index in [0.717, 1.165) is 34.4 Å². The van der Waals surface area contributed by atoms with Gasteiger partial charge in [-0.3, -0.25) is 4.79 Å². The molecular formula is C72H70BCl4F15N12O11. The molecule has 0 radical (unpaired) electrons. The minimum Gasteiger partial charge on any atom is -0.467 e. The lowest BCUT2D eigenvalue weighted by molar-refractivity contribution is -0.275. The number of anilines is 4. The van der Waals surface area contributed by atoms with Gasteiger partial charge in [0, 0.05) is 59.4 Å². The highest BCUT2D eigenvalue weighted by Gasteiger charge is 2.34. The van der Waals surface area contributed by atoms with Crippen molar-refractivity contribution < 1.29 is 119 Å². The molecule has 0 spiro atoms. The Bertz CT molecular complexity index is 4520. The lowest BCUT2D eigenvalue weighted by atomic mass is 9.80. The third-order valence-corrected chi connectivity index (χ3v) is 13.6. The highest BCUT2D eigenvalue weighted by molar-refractivity contribution is 6.58. The maximum atomic E-state index is 12.2. The van der Waals surface area contributed by atoms with Crippen molar-refractivity contribution in [1.82, 2.24) is 29.9 Å². The van der Waals surface area contributed by atoms with E-state index < -0.39 is 38.9 Å². The Morgan fingerprint density at radius 2 is 0.783 bits per heavy atom. The van der Waals surface area contributed by atoms with Gasteiger partial charge in [0.25, 0.3) is 0 Å². The van der Waals surface area contributed by atoms with Crippen molar-refractivity contribution in [3.63, 3.8) is 0 Å². The molecule has 7 aromatic carbocycles. The summed E-state index contributed by atoms with van der Waals surface area (Å²) in [5.41, 5.74) is 23.1. The smallest absolute Gasteiger partial charge is 0.467 e. The maximum absolute atomic E-state index is 12.2. The first-order valence-electron chi connectivity index (χ1n) is 31.7. The van der Waals surface area contributed by atoms with Gasteiger partial charge in [0.15, 0.2) is 0 Å². The number of hydrogen-bond acceptors (Lipinski definition) is 22. The summed E-state index contributed by atoms with van der Waals surface area (Å²) in [5.74, 6) is -0.254. The highest BCUT2D eigenvalue weighted by atomic mass is 35.5. The Morgan fingerprint density at radius 1 is 0.452 bits per heavy atom. The third-order valence-electron chi connectivity index (χ3n) is 13.0. The van der Waals surface area contributed by atoms with Gasteiger partial charge in [-0.25, -0.2) is 6.57 Å². The Morgan fingerprint density at radius 3 is 1.11 bits per heavy atom. The molecule has 0 aliphatic rings. The number of nitrogens with one attached hydrogen (secondary N) is 2. The van der Waals surface area contributed by atoms with Gasteiger partial charge in [-0.15, -0.1) is 78.3 Å². The number of methoxy groups -OCH3 is 3. The predicted molar refractivity (Wildman–Crippen MR) is 404 cm³/mol. The molecule has 10 N–H and O–H groups in total. The molecule has 0 atom stereocenters. The van der Waals surface area contributed by atoms with Gasteiger partial charge in [-0.2, -0.15) is 29.9 Å². The molecule has 10 rings (SSSR count). The number of ether oxygens (including phenoxy) is 8. The summed E-state index contributed by atoms with van der Waals surface area (Å²) in [4.78, 5) is 37.1. The van der Waals surface area contributed by atoms with Crippen molar-refractivity contribution in [2.45, 2.75) is 65.0 Å². The second-order valence-corrected chi connectivity index (χ2v) is 22.7. The number of hydrogen-bond donors (Lipinski definition) is 7. The average molecular weight is 1720 g/mol. The number of aromatic nitrogens is 6. The highest BCUT2D eigenvalue weighted by Crippen LogP contribution is 2.30. The molecule has 0 amide bonds. The summed E-state index contributed by atoms with van der Waals surface area (Å²) < 4.78 is 211. The summed E-state index contributed by atoms with van der Waals surface area (Å²) in [6.07, 6.45) is -21.0. The van der Waals surface area contributed by atoms with Crippen molar-refractivity contribution in [1.29, 1.82) is 0 Å². The van der Waals surface area contributed by atoms with Crippen LogP contribution in [-0.2, 0) is 25.8 Å². The van der Waals surface area contributed by atoms with Gasteiger partial charge in [0.05, 0.1) is 27.0 Å². The van der Waals surface area contributed by atoms with Crippen LogP contribution in [0.1, 0.15) is 40.0 Å². The van der Waals surface area contributed by atoms with E-state index in [0.29, 0.717) is 90.5 Å². The molecule has 0 bridgehead atoms. The van der Waals surface area contributed by atoms with Crippen LogP contribution in [0, 0.1) is 6.57 Å². The number of carbonyl (C=O) groups is 1. The number of rotatable bonds is 22. The first-order valence-corrected chi connectivity index (χ1v) is 32.8. The second kappa shape index (κ2) is 49.3. The molecule has 43 heteroatoms. The van der Waals surface area contributed by atoms with E-state index in [9.17, 15) is 70.7 Å². The summed E-state index contributed by atoms with van der Waals surface area (Å²) >= 11 is 16.8. The first kappa shape index (κ1) is 99.7. The summed E-state index contributed by atoms with van der Waals surface area (Å²) in [6.45, 7) is 8.20. The minimum atomic E-state index is -4.70. The van der Waals surface area contributed by atoms with Gasteiger partial charge in [-0.05, 0) is 157 Å². The predicted octanol–water partition coefficient (Wildman–Crippen LogP) is 17.3. The molecule has 0 unspecified atom stereocenters. The molecule has 620 valence electrons. The first-order chi connectivity index (χ1) is 53.1. The fourth-order valence-electron chi connectivity index (χ4n) is 8.26. The van der Waals surface area contributed by atoms with Crippen LogP contribution in [0.25, 0.3) is 16.1 Å². The lowest BCUT2D eigenvalue weighted by Crippen LogP contribution is -2.29. The fraction of sp³-hybridized carbons (Fsp3) is 0.222. The average Bonchev–Trinajstić information content (AvgIpc) is 0.830. The molecule has 0 aliphatic heterocycles. The van der Waals surface area contributed by atoms with E-state index in [4.69, 9.17) is 78.1 Å². The zero-order chi connectivity index (χ0) is 84.0. The molecule has 10 aromatic rings. The number of aldehydes is 1. The molecule has 0 aliphatic carbocycles. The number of nitrogens with zero attached hydrogens (tertiary/aromatic N) is 7. The SMILES string of the molecule is C.COc1nc(Cl)cc(Cl)n1.COc1nc(Cl)cc(NCCc2ccc(OC(F)(F)F)cc2)n1.COc1nc(NCCc2ccc(OC(F)(F)F)cc2)cc(-c2cccc(N)c2)n1.Cl.NCCc1ccc(OC(F)(F)F)cc1.Nc1cccc(B(O)O)c1.O=Cc1ccc(OC(F)(F)F)cc1.[C-]#[N+]Cc1ccc(OC(F)(F)F)cc1. The largest absolute Gasteiger partial charge is 0.573 e. The molecule has 3 heterocycles. The summed E-state index contributed by atoms with van der Waals surface area (Å²) in [6, 6.07) is 46.0. The standard InChI is InChI=1S/C20H19F3N4O2.C14H13ClF3N3O2.C9H6F3NO.C9H10F3NO.C8H5F3O2.C6H8BNO2.C5H4Cl2N2O.CH4.ClH/c1-28-19-26-17(14-3-2-4-15(24)11-14)12-18(27-19)25-10-9-13-5-7-16(8-6-13)29-20(21,22)23;1-22-13-20-11(15)8-12(21-13)19-7-6-9-2-4-10(5-3-9)23-14(16,17)18;1-13-6-7-2-4-8(5-3-7)14-9(10,11)12;10-9(11,12)14-8-3-1-7(2-4-8)5-6-13;9-8(10,11)13-7-3-1-6(5-12)2-4-7;8-6-3-1-2-5(4-6)7(9)10;1-10-5-8-3(6)2-4(7)9-5;;/h2-8,11-12H,9-10,24H2,1H3,(H,25,26,27);2-5,8H,6-7H2,1H3,(H,19,20,21);2-5H,6H2;1-4H,5-6,13H2;1-5H;1-4,9-10H,8H2;2H,1H3;1H4;1H. The van der Waals surface area contributed by atoms with Crippen LogP contribution in [0.3, 0.4) is 0 Å². The van der Waals surface area contributed by atoms with Crippen LogP contribution in [0.2, 0.25) is 15.5 Å². The van der Waals surface area contributed by atoms with Crippen molar-refractivity contribution in [2.24, 2.45) is 5.73 Å². The van der Waals surface area contributed by atoms with Crippen molar-refractivity contribution >= 4 is 89.1 Å². The van der Waals surface area contributed by atoms with Crippen LogP contribution >= 0.6 is 47.2 Å². The van der Waals surface area contributed by atoms with E-state index in [-0.39, 0.29) is 88.6 Å². The molecule has 23 nitrogen and oxygen atoms in total. The molecule has 0 fully saturated rings. The van der Waals surface area contributed by atoms with Crippen LogP contribution in [0.4, 0.5) is 88.9 Å². The number of nitrogen functional groups attached to an aromatic ring is 2. The van der Waals surface area contributed by atoms with Gasteiger partial charge >= 0.3 is 57.0 Å². The van der Waals surface area contributed by atoms with Gasteiger partial charge in [0.1, 0.15) is 62.1 Å². The summed E-state index contributed by atoms with van der Waals surface area (Å²) in [7, 11) is 2.93. The lowest BCUT2D eigenvalue weighted by Gasteiger charge is -2.11. The maximum Gasteiger partial charge on any atom is 0.573 e. The van der Waals surface area contributed by atoms with Crippen LogP contribution in [0.15, 0.2) is 188 Å². The van der Waals surface area contributed by atoms with E-state index in [2.05, 4.69) is 73.8 Å². The second-order valence-electron chi connectivity index (χ2n) is 21.6. The molecular weight excluding hydrogens is 1650 g/mol. The van der Waals surface area contributed by atoms with Crippen LogP contribution in [-0.4, -0.2) is 126 Å². The fourth-order valence-corrected chi connectivity index (χ4v) is 8.84. The number of benzene rings is 7. The molecule has 0 saturated heterocycles. The van der Waals surface area contributed by atoms with Crippen LogP contribution < -0.4 is 71.2 Å². The zero-order valence-electron chi connectivity index (χ0n) is 59.1. The normalized spacial score (nSPS) is 10.6. The number of nitrogens with two attached hydrogens (primary N) is 3. The Labute approximate surface area is 669 Å². The monoisotopic (exact) mass is 1710 g/mol. The van der Waals surface area contributed by atoms with Gasteiger partial charge in [0.2, 0.25) is 6.54 Å². The van der Waals surface area contributed by atoms with Crippen molar-refractivity contribution in [2.75, 3.05) is 63.1 Å². The number of carbonyl (C=O) groups excluding carboxylic acids is 1. The summed E-state index contributed by atoms with van der Waals surface area (Å²) in [5, 5.41) is 24.3. The minimum absolute atomic E-state index is 0. The van der Waals surface area contributed by atoms with E-state index in [1.165, 1.54) is 106 Å². The van der Waals surface area contributed by atoms with Gasteiger partial charge in [-0.1, -0.05) is 103 Å². The Kier molecular flexibility index (Phi) is 42.7. The number of alkyl halides is 15. The Balaban J connectivity index is 0.000000470. The third kappa shape index (κ3) is 44.0.